The van der Waals surface area contributed by atoms with Crippen LogP contribution in [-0.2, 0) is 14.6 Å². The number of nitro benzene ring substituents is 1. The molecule has 17 heavy (non-hydrogen) atoms. The van der Waals surface area contributed by atoms with Crippen molar-refractivity contribution in [2.24, 2.45) is 0 Å². The molecule has 0 aromatic heterocycles. The van der Waals surface area contributed by atoms with Crippen molar-refractivity contribution in [2.75, 3.05) is 5.75 Å². The van der Waals surface area contributed by atoms with Crippen molar-refractivity contribution < 1.29 is 18.1 Å². The van der Waals surface area contributed by atoms with Gasteiger partial charge in [-0.15, -0.1) is 0 Å². The Morgan fingerprint density at radius 2 is 1.82 bits per heavy atom. The summed E-state index contributed by atoms with van der Waals surface area (Å²) in [6.07, 6.45) is 1.10. The van der Waals surface area contributed by atoms with Crippen LogP contribution in [0.2, 0.25) is 0 Å². The van der Waals surface area contributed by atoms with Crippen LogP contribution in [0.3, 0.4) is 0 Å². The molecule has 0 aliphatic rings. The molecular weight excluding hydrogens is 246 g/mol. The van der Waals surface area contributed by atoms with Crippen molar-refractivity contribution in [3.05, 3.63) is 34.4 Å². The third-order valence-corrected chi connectivity index (χ3v) is 3.96. The van der Waals surface area contributed by atoms with E-state index in [2.05, 4.69) is 0 Å². The zero-order chi connectivity index (χ0) is 12.9. The van der Waals surface area contributed by atoms with Crippen LogP contribution in [0, 0.1) is 10.1 Å². The Hall–Kier alpha value is -1.76. The lowest BCUT2D eigenvalue weighted by atomic mass is 10.3. The second kappa shape index (κ2) is 5.53. The lowest BCUT2D eigenvalue weighted by Gasteiger charge is -2.02. The molecule has 0 saturated heterocycles. The zero-order valence-electron chi connectivity index (χ0n) is 8.90. The van der Waals surface area contributed by atoms with Gasteiger partial charge in [-0.05, 0) is 18.6 Å². The van der Waals surface area contributed by atoms with E-state index in [1.165, 1.54) is 12.1 Å². The summed E-state index contributed by atoms with van der Waals surface area (Å²) < 4.78 is 23.4. The second-order valence-electron chi connectivity index (χ2n) is 3.38. The smallest absolute Gasteiger partial charge is 0.269 e. The van der Waals surface area contributed by atoms with E-state index in [0.29, 0.717) is 6.29 Å². The Morgan fingerprint density at radius 1 is 1.24 bits per heavy atom. The first kappa shape index (κ1) is 13.3. The zero-order valence-corrected chi connectivity index (χ0v) is 9.72. The third-order valence-electron chi connectivity index (χ3n) is 2.14. The number of benzene rings is 1. The number of sulfone groups is 1. The van der Waals surface area contributed by atoms with Crippen LogP contribution in [0.4, 0.5) is 5.69 Å². The van der Waals surface area contributed by atoms with Crippen LogP contribution in [0.15, 0.2) is 29.2 Å². The molecule has 0 saturated carbocycles. The summed E-state index contributed by atoms with van der Waals surface area (Å²) in [6, 6.07) is 4.70. The van der Waals surface area contributed by atoms with Crippen molar-refractivity contribution in [1.29, 1.82) is 0 Å². The van der Waals surface area contributed by atoms with Gasteiger partial charge in [0.05, 0.1) is 15.6 Å². The SMILES string of the molecule is O=CCCCS(=O)(=O)c1ccc([N+](=O)[O-])cc1. The molecular formula is C10H11NO5S. The molecule has 0 amide bonds. The van der Waals surface area contributed by atoms with Gasteiger partial charge >= 0.3 is 0 Å². The summed E-state index contributed by atoms with van der Waals surface area (Å²) in [5.41, 5.74) is -0.156. The molecule has 0 radical (unpaired) electrons. The van der Waals surface area contributed by atoms with Gasteiger partial charge in [0.15, 0.2) is 9.84 Å². The van der Waals surface area contributed by atoms with Crippen molar-refractivity contribution in [3.8, 4) is 0 Å². The van der Waals surface area contributed by atoms with Crippen molar-refractivity contribution in [2.45, 2.75) is 17.7 Å². The number of rotatable bonds is 6. The van der Waals surface area contributed by atoms with E-state index in [4.69, 9.17) is 0 Å². The molecule has 1 aromatic rings. The Bertz CT molecular complexity index is 506. The average Bonchev–Trinajstić information content (AvgIpc) is 2.29. The summed E-state index contributed by atoms with van der Waals surface area (Å²) in [4.78, 5) is 19.9. The number of hydrogen-bond acceptors (Lipinski definition) is 5. The number of nitro groups is 1. The molecule has 0 heterocycles. The standard InChI is InChI=1S/C10H11NO5S/c12-7-1-2-8-17(15,16)10-5-3-9(4-6-10)11(13)14/h3-7H,1-2,8H2. The highest BCUT2D eigenvalue weighted by atomic mass is 32.2. The molecule has 0 N–H and O–H groups in total. The lowest BCUT2D eigenvalue weighted by molar-refractivity contribution is -0.384. The van der Waals surface area contributed by atoms with Gasteiger partial charge in [0.2, 0.25) is 0 Å². The topological polar surface area (TPSA) is 94.3 Å². The van der Waals surface area contributed by atoms with Crippen LogP contribution >= 0.6 is 0 Å². The number of non-ortho nitro benzene ring substituents is 1. The van der Waals surface area contributed by atoms with Crippen LogP contribution in [0.25, 0.3) is 0 Å². The summed E-state index contributed by atoms with van der Waals surface area (Å²) in [5.74, 6) is -0.135. The summed E-state index contributed by atoms with van der Waals surface area (Å²) in [7, 11) is -3.46. The van der Waals surface area contributed by atoms with Crippen molar-refractivity contribution >= 4 is 21.8 Å². The Kier molecular flexibility index (Phi) is 4.33. The van der Waals surface area contributed by atoms with Crippen LogP contribution < -0.4 is 0 Å². The lowest BCUT2D eigenvalue weighted by Crippen LogP contribution is -2.07. The quantitative estimate of drug-likeness (QED) is 0.332. The predicted octanol–water partition coefficient (Wildman–Crippen LogP) is 1.35. The summed E-state index contributed by atoms with van der Waals surface area (Å²) in [5, 5.41) is 10.4. The van der Waals surface area contributed by atoms with Crippen LogP contribution in [0.5, 0.6) is 0 Å². The Balaban J connectivity index is 2.85. The molecule has 0 bridgehead atoms. The van der Waals surface area contributed by atoms with E-state index in [-0.39, 0.29) is 29.2 Å². The molecule has 0 unspecified atom stereocenters. The van der Waals surface area contributed by atoms with E-state index in [0.717, 1.165) is 12.1 Å². The van der Waals surface area contributed by atoms with Gasteiger partial charge in [-0.1, -0.05) is 0 Å². The van der Waals surface area contributed by atoms with Gasteiger partial charge in [-0.2, -0.15) is 0 Å². The van der Waals surface area contributed by atoms with Crippen LogP contribution in [-0.4, -0.2) is 25.4 Å². The number of carbonyl (C=O) groups is 1. The van der Waals surface area contributed by atoms with E-state index >= 15 is 0 Å². The number of aldehydes is 1. The van der Waals surface area contributed by atoms with Crippen LogP contribution in [0.1, 0.15) is 12.8 Å². The molecule has 92 valence electrons. The van der Waals surface area contributed by atoms with Gasteiger partial charge in [0, 0.05) is 18.6 Å². The van der Waals surface area contributed by atoms with E-state index < -0.39 is 14.8 Å². The van der Waals surface area contributed by atoms with Crippen molar-refractivity contribution in [3.63, 3.8) is 0 Å². The van der Waals surface area contributed by atoms with Gasteiger partial charge in [-0.25, -0.2) is 8.42 Å². The first-order valence-corrected chi connectivity index (χ1v) is 6.53. The Morgan fingerprint density at radius 3 is 2.29 bits per heavy atom. The number of hydrogen-bond donors (Lipinski definition) is 0. The molecule has 0 atom stereocenters. The molecule has 0 aliphatic heterocycles. The van der Waals surface area contributed by atoms with E-state index in [1.807, 2.05) is 0 Å². The predicted molar refractivity (Wildman–Crippen MR) is 60.4 cm³/mol. The van der Waals surface area contributed by atoms with Crippen molar-refractivity contribution in [1.82, 2.24) is 0 Å². The molecule has 0 spiro atoms. The summed E-state index contributed by atoms with van der Waals surface area (Å²) in [6.45, 7) is 0. The first-order valence-electron chi connectivity index (χ1n) is 4.88. The highest BCUT2D eigenvalue weighted by Crippen LogP contribution is 2.17. The van der Waals surface area contributed by atoms with Gasteiger partial charge in [-0.3, -0.25) is 10.1 Å². The summed E-state index contributed by atoms with van der Waals surface area (Å²) >= 11 is 0. The van der Waals surface area contributed by atoms with E-state index in [1.54, 1.807) is 0 Å². The van der Waals surface area contributed by atoms with Gasteiger partial charge < -0.3 is 4.79 Å². The highest BCUT2D eigenvalue weighted by molar-refractivity contribution is 7.91. The maximum Gasteiger partial charge on any atom is 0.269 e. The minimum Gasteiger partial charge on any atom is -0.303 e. The maximum absolute atomic E-state index is 11.7. The molecule has 1 rings (SSSR count). The highest BCUT2D eigenvalue weighted by Gasteiger charge is 2.15. The minimum absolute atomic E-state index is 0.0361. The largest absolute Gasteiger partial charge is 0.303 e. The number of unbranched alkanes of at least 4 members (excludes halogenated alkanes) is 1. The molecule has 6 nitrogen and oxygen atoms in total. The fourth-order valence-corrected chi connectivity index (χ4v) is 2.58. The molecule has 0 aliphatic carbocycles. The van der Waals surface area contributed by atoms with E-state index in [9.17, 15) is 23.3 Å². The minimum atomic E-state index is -3.46. The normalized spacial score (nSPS) is 11.1. The number of nitrogens with zero attached hydrogens (tertiary/aromatic N) is 1. The molecule has 1 aromatic carbocycles. The maximum atomic E-state index is 11.7. The molecule has 7 heteroatoms. The number of carbonyl (C=O) groups excluding carboxylic acids is 1. The Labute approximate surface area is 98.3 Å². The fraction of sp³-hybridized carbons (Fsp3) is 0.300. The first-order chi connectivity index (χ1) is 7.97. The monoisotopic (exact) mass is 257 g/mol. The van der Waals surface area contributed by atoms with Gasteiger partial charge in [0.25, 0.3) is 5.69 Å². The molecule has 0 fully saturated rings. The van der Waals surface area contributed by atoms with Gasteiger partial charge in [0.1, 0.15) is 6.29 Å². The second-order valence-corrected chi connectivity index (χ2v) is 5.49. The fourth-order valence-electron chi connectivity index (χ4n) is 1.25. The average molecular weight is 257 g/mol. The third kappa shape index (κ3) is 3.63.